The molecule has 0 fully saturated rings. The zero-order valence-electron chi connectivity index (χ0n) is 18.1. The number of nitrogens with one attached hydrogen (secondary N) is 3. The molecule has 3 aliphatic rings. The van der Waals surface area contributed by atoms with Gasteiger partial charge in [0.15, 0.2) is 0 Å². The van der Waals surface area contributed by atoms with Crippen LogP contribution < -0.4 is 16.1 Å². The molecule has 6 nitrogen and oxygen atoms in total. The molecule has 1 atom stereocenters. The highest BCUT2D eigenvalue weighted by atomic mass is 15.8. The third-order valence-electron chi connectivity index (χ3n) is 6.41. The van der Waals surface area contributed by atoms with E-state index >= 15 is 0 Å². The van der Waals surface area contributed by atoms with Crippen molar-refractivity contribution in [2.24, 2.45) is 0 Å². The van der Waals surface area contributed by atoms with Crippen molar-refractivity contribution < 1.29 is 0 Å². The van der Waals surface area contributed by atoms with Crippen molar-refractivity contribution in [3.8, 4) is 6.07 Å². The first-order valence-electron chi connectivity index (χ1n) is 10.9. The Kier molecular flexibility index (Phi) is 5.14. The van der Waals surface area contributed by atoms with Gasteiger partial charge in [0.2, 0.25) is 0 Å². The van der Waals surface area contributed by atoms with E-state index in [1.54, 1.807) is 0 Å². The number of fused-ring (bicyclic) bond motifs is 3. The van der Waals surface area contributed by atoms with Crippen molar-refractivity contribution in [3.05, 3.63) is 76.5 Å². The molecule has 158 valence electrons. The predicted octanol–water partition coefficient (Wildman–Crippen LogP) is 3.85. The van der Waals surface area contributed by atoms with E-state index in [1.807, 2.05) is 24.3 Å². The fraction of sp³-hybridized carbons (Fsp3) is 0.320. The van der Waals surface area contributed by atoms with Crippen LogP contribution in [0.1, 0.15) is 48.1 Å². The molecule has 5 rings (SSSR count). The van der Waals surface area contributed by atoms with Gasteiger partial charge in [0.25, 0.3) is 0 Å². The Morgan fingerprint density at radius 1 is 1.16 bits per heavy atom. The van der Waals surface area contributed by atoms with Gasteiger partial charge in [-0.3, -0.25) is 5.01 Å². The molecular weight excluding hydrogens is 384 g/mol. The molecule has 0 spiro atoms. The van der Waals surface area contributed by atoms with Crippen LogP contribution in [0, 0.1) is 11.3 Å². The van der Waals surface area contributed by atoms with E-state index in [-0.39, 0.29) is 6.04 Å². The molecule has 1 unspecified atom stereocenters. The summed E-state index contributed by atoms with van der Waals surface area (Å²) in [6.07, 6.45) is 4.34. The van der Waals surface area contributed by atoms with Gasteiger partial charge in [-0.2, -0.15) is 5.26 Å². The number of nitrogens with zero attached hydrogens (tertiary/aromatic N) is 3. The lowest BCUT2D eigenvalue weighted by atomic mass is 9.91. The van der Waals surface area contributed by atoms with E-state index in [0.717, 1.165) is 38.2 Å². The molecule has 2 aromatic carbocycles. The van der Waals surface area contributed by atoms with Gasteiger partial charge < -0.3 is 16.1 Å². The third kappa shape index (κ3) is 3.67. The van der Waals surface area contributed by atoms with Crippen LogP contribution in [0.3, 0.4) is 0 Å². The molecule has 0 aromatic heterocycles. The van der Waals surface area contributed by atoms with Gasteiger partial charge in [-0.25, -0.2) is 0 Å². The highest BCUT2D eigenvalue weighted by Crippen LogP contribution is 2.40. The number of nitriles is 1. The summed E-state index contributed by atoms with van der Waals surface area (Å²) in [5.74, 6) is 0. The smallest absolute Gasteiger partial charge is 0.0991 e. The van der Waals surface area contributed by atoms with E-state index in [4.69, 9.17) is 5.26 Å². The summed E-state index contributed by atoms with van der Waals surface area (Å²) in [5, 5.41) is 20.7. The normalized spacial score (nSPS) is 20.9. The van der Waals surface area contributed by atoms with Gasteiger partial charge in [0.1, 0.15) is 0 Å². The largest absolute Gasteiger partial charge is 0.378 e. The second kappa shape index (κ2) is 8.10. The van der Waals surface area contributed by atoms with Crippen molar-refractivity contribution in [2.75, 3.05) is 32.0 Å². The van der Waals surface area contributed by atoms with Gasteiger partial charge in [0.05, 0.1) is 29.1 Å². The van der Waals surface area contributed by atoms with Crippen LogP contribution in [0.15, 0.2) is 54.2 Å². The fourth-order valence-electron chi connectivity index (χ4n) is 4.85. The zero-order chi connectivity index (χ0) is 21.4. The Balaban J connectivity index is 1.57. The number of allylic oxidation sites excluding steroid dienone is 1. The van der Waals surface area contributed by atoms with Crippen molar-refractivity contribution in [3.63, 3.8) is 0 Å². The van der Waals surface area contributed by atoms with Gasteiger partial charge in [-0.05, 0) is 73.3 Å². The van der Waals surface area contributed by atoms with Gasteiger partial charge in [-0.15, -0.1) is 5.12 Å². The minimum Gasteiger partial charge on any atom is -0.378 e. The molecule has 3 heterocycles. The molecule has 0 saturated heterocycles. The molecule has 0 amide bonds. The Morgan fingerprint density at radius 3 is 2.74 bits per heavy atom. The van der Waals surface area contributed by atoms with Crippen molar-refractivity contribution >= 4 is 17.0 Å². The van der Waals surface area contributed by atoms with Crippen LogP contribution in [0.2, 0.25) is 0 Å². The predicted molar refractivity (Wildman–Crippen MR) is 124 cm³/mol. The number of hydrogen-bond acceptors (Lipinski definition) is 6. The second-order valence-corrected chi connectivity index (χ2v) is 8.39. The zero-order valence-corrected chi connectivity index (χ0v) is 18.1. The maximum Gasteiger partial charge on any atom is 0.0991 e. The van der Waals surface area contributed by atoms with Crippen LogP contribution in [0.4, 0.5) is 5.69 Å². The average molecular weight is 413 g/mol. The summed E-state index contributed by atoms with van der Waals surface area (Å²) in [6.45, 7) is 5.03. The Labute approximate surface area is 183 Å². The lowest BCUT2D eigenvalue weighted by Gasteiger charge is -2.27. The minimum atomic E-state index is 0.185. The summed E-state index contributed by atoms with van der Waals surface area (Å²) >= 11 is 0. The molecule has 6 heteroatoms. The van der Waals surface area contributed by atoms with Crippen molar-refractivity contribution in [1.29, 1.82) is 5.26 Å². The first-order chi connectivity index (χ1) is 15.1. The number of anilines is 1. The number of benzene rings is 2. The summed E-state index contributed by atoms with van der Waals surface area (Å²) < 4.78 is 0. The lowest BCUT2D eigenvalue weighted by molar-refractivity contribution is 0.0447. The fourth-order valence-corrected chi connectivity index (χ4v) is 4.85. The van der Waals surface area contributed by atoms with Crippen LogP contribution in [0.5, 0.6) is 0 Å². The summed E-state index contributed by atoms with van der Waals surface area (Å²) in [7, 11) is 2.07. The highest BCUT2D eigenvalue weighted by molar-refractivity contribution is 5.76. The van der Waals surface area contributed by atoms with E-state index in [0.29, 0.717) is 5.56 Å². The SMILES string of the molecule is CC1=C2c3ccc(C4=CCNCC4)cc3C(Nc3ccc(C#N)cc3)CCN2N(C)N1. The number of hydrazine groups is 2. The molecule has 3 aliphatic heterocycles. The first kappa shape index (κ1) is 19.7. The van der Waals surface area contributed by atoms with Crippen molar-refractivity contribution in [1.82, 2.24) is 20.9 Å². The number of hydrogen-bond donors (Lipinski definition) is 3. The topological polar surface area (TPSA) is 66.4 Å². The molecule has 3 N–H and O–H groups in total. The van der Waals surface area contributed by atoms with Crippen LogP contribution in [0.25, 0.3) is 11.3 Å². The van der Waals surface area contributed by atoms with Gasteiger partial charge in [-0.1, -0.05) is 18.2 Å². The molecule has 0 aliphatic carbocycles. The Morgan fingerprint density at radius 2 is 2.00 bits per heavy atom. The monoisotopic (exact) mass is 412 g/mol. The van der Waals surface area contributed by atoms with Gasteiger partial charge in [0, 0.05) is 31.4 Å². The second-order valence-electron chi connectivity index (χ2n) is 8.39. The van der Waals surface area contributed by atoms with E-state index in [9.17, 15) is 0 Å². The molecule has 0 bridgehead atoms. The molecule has 0 radical (unpaired) electrons. The number of rotatable bonds is 3. The van der Waals surface area contributed by atoms with Crippen LogP contribution in [-0.2, 0) is 0 Å². The van der Waals surface area contributed by atoms with E-state index in [2.05, 4.69) is 70.5 Å². The molecular formula is C25H28N6. The highest BCUT2D eigenvalue weighted by Gasteiger charge is 2.33. The summed E-state index contributed by atoms with van der Waals surface area (Å²) in [4.78, 5) is 0. The Bertz CT molecular complexity index is 1090. The summed E-state index contributed by atoms with van der Waals surface area (Å²) in [6, 6.07) is 17.1. The minimum absolute atomic E-state index is 0.185. The average Bonchev–Trinajstić information content (AvgIpc) is 2.99. The molecule has 0 saturated carbocycles. The first-order valence-corrected chi connectivity index (χ1v) is 10.9. The molecule has 2 aromatic rings. The van der Waals surface area contributed by atoms with Crippen molar-refractivity contribution in [2.45, 2.75) is 25.8 Å². The van der Waals surface area contributed by atoms with E-state index < -0.39 is 0 Å². The van der Waals surface area contributed by atoms with Crippen LogP contribution in [-0.4, -0.2) is 36.8 Å². The standard InChI is InChI=1S/C25H28N6/c1-17-25-22-8-5-20(19-9-12-27-13-10-19)15-23(22)24(11-14-31(25)30(2)29-17)28-21-6-3-18(16-26)4-7-21/h3-9,15,24,27-29H,10-14H2,1-2H3. The summed E-state index contributed by atoms with van der Waals surface area (Å²) in [5.41, 5.74) is 13.0. The van der Waals surface area contributed by atoms with Crippen LogP contribution >= 0.6 is 0 Å². The lowest BCUT2D eigenvalue weighted by Crippen LogP contribution is -2.40. The maximum absolute atomic E-state index is 9.11. The Hall–Kier alpha value is -3.27. The van der Waals surface area contributed by atoms with Gasteiger partial charge >= 0.3 is 0 Å². The van der Waals surface area contributed by atoms with E-state index in [1.165, 1.54) is 33.7 Å². The molecule has 31 heavy (non-hydrogen) atoms. The maximum atomic E-state index is 9.11. The quantitative estimate of drug-likeness (QED) is 0.712. The third-order valence-corrected chi connectivity index (χ3v) is 6.41.